The first-order valence-electron chi connectivity index (χ1n) is 7.01. The van der Waals surface area contributed by atoms with Gasteiger partial charge >= 0.3 is 0 Å². The lowest BCUT2D eigenvalue weighted by atomic mass is 9.89. The third-order valence-corrected chi connectivity index (χ3v) is 4.31. The molecule has 4 nitrogen and oxygen atoms in total. The molecule has 3 atom stereocenters. The Labute approximate surface area is 112 Å². The van der Waals surface area contributed by atoms with E-state index in [0.717, 1.165) is 24.6 Å². The summed E-state index contributed by atoms with van der Waals surface area (Å²) in [4.78, 5) is 4.59. The fourth-order valence-electron chi connectivity index (χ4n) is 3.37. The van der Waals surface area contributed by atoms with Crippen LogP contribution in [0.25, 0.3) is 0 Å². The highest BCUT2D eigenvalue weighted by atomic mass is 16.5. The van der Waals surface area contributed by atoms with Crippen LogP contribution in [-0.2, 0) is 6.42 Å². The summed E-state index contributed by atoms with van der Waals surface area (Å²) in [5, 5.41) is 7.73. The summed E-state index contributed by atoms with van der Waals surface area (Å²) in [7, 11) is 0. The lowest BCUT2D eigenvalue weighted by Crippen LogP contribution is -2.21. The molecular formula is C15H17N3O. The molecule has 3 unspecified atom stereocenters. The SMILES string of the molecule is c1ccc(Cc2noc(C3CC4CCC3N4)n2)cc1. The second-order valence-corrected chi connectivity index (χ2v) is 5.60. The van der Waals surface area contributed by atoms with Gasteiger partial charge in [-0.3, -0.25) is 0 Å². The minimum atomic E-state index is 0.427. The van der Waals surface area contributed by atoms with Gasteiger partial charge in [0.05, 0.1) is 5.92 Å². The van der Waals surface area contributed by atoms with Crippen LogP contribution in [0.3, 0.4) is 0 Å². The van der Waals surface area contributed by atoms with Gasteiger partial charge in [0.2, 0.25) is 5.89 Å². The fraction of sp³-hybridized carbons (Fsp3) is 0.467. The van der Waals surface area contributed by atoms with Crippen molar-refractivity contribution in [1.82, 2.24) is 15.5 Å². The molecule has 4 heteroatoms. The lowest BCUT2D eigenvalue weighted by Gasteiger charge is -2.15. The smallest absolute Gasteiger partial charge is 0.231 e. The van der Waals surface area contributed by atoms with E-state index >= 15 is 0 Å². The number of nitrogens with one attached hydrogen (secondary N) is 1. The number of rotatable bonds is 3. The van der Waals surface area contributed by atoms with Crippen LogP contribution in [0.2, 0.25) is 0 Å². The van der Waals surface area contributed by atoms with Gasteiger partial charge in [0.15, 0.2) is 5.82 Å². The zero-order valence-corrected chi connectivity index (χ0v) is 10.7. The second kappa shape index (κ2) is 4.46. The molecule has 1 aromatic carbocycles. The summed E-state index contributed by atoms with van der Waals surface area (Å²) in [5.74, 6) is 2.05. The molecule has 1 N–H and O–H groups in total. The van der Waals surface area contributed by atoms with E-state index in [4.69, 9.17) is 4.52 Å². The van der Waals surface area contributed by atoms with E-state index in [1.807, 2.05) is 18.2 Å². The number of hydrogen-bond acceptors (Lipinski definition) is 4. The number of fused-ring (bicyclic) bond motifs is 2. The molecule has 0 spiro atoms. The van der Waals surface area contributed by atoms with E-state index in [0.29, 0.717) is 18.0 Å². The van der Waals surface area contributed by atoms with E-state index in [-0.39, 0.29) is 0 Å². The van der Waals surface area contributed by atoms with Crippen molar-refractivity contribution in [2.75, 3.05) is 0 Å². The van der Waals surface area contributed by atoms with E-state index in [1.165, 1.54) is 18.4 Å². The Morgan fingerprint density at radius 2 is 2.11 bits per heavy atom. The largest absolute Gasteiger partial charge is 0.339 e. The van der Waals surface area contributed by atoms with E-state index in [9.17, 15) is 0 Å². The van der Waals surface area contributed by atoms with Crippen molar-refractivity contribution in [1.29, 1.82) is 0 Å². The van der Waals surface area contributed by atoms with E-state index in [1.54, 1.807) is 0 Å². The van der Waals surface area contributed by atoms with Gasteiger partial charge < -0.3 is 9.84 Å². The molecule has 2 aliphatic heterocycles. The Morgan fingerprint density at radius 1 is 1.21 bits per heavy atom. The molecule has 0 radical (unpaired) electrons. The first-order chi connectivity index (χ1) is 9.38. The average molecular weight is 255 g/mol. The molecule has 2 aromatic rings. The van der Waals surface area contributed by atoms with Crippen molar-refractivity contribution in [3.63, 3.8) is 0 Å². The maximum absolute atomic E-state index is 5.47. The highest BCUT2D eigenvalue weighted by molar-refractivity contribution is 5.19. The summed E-state index contributed by atoms with van der Waals surface area (Å²) in [6.07, 6.45) is 4.44. The van der Waals surface area contributed by atoms with Crippen molar-refractivity contribution < 1.29 is 4.52 Å². The Morgan fingerprint density at radius 3 is 2.84 bits per heavy atom. The van der Waals surface area contributed by atoms with Crippen molar-refractivity contribution >= 4 is 0 Å². The molecule has 2 saturated heterocycles. The molecule has 98 valence electrons. The van der Waals surface area contributed by atoms with Crippen molar-refractivity contribution in [3.8, 4) is 0 Å². The lowest BCUT2D eigenvalue weighted by molar-refractivity contribution is 0.327. The van der Waals surface area contributed by atoms with Gasteiger partial charge in [0.25, 0.3) is 0 Å². The number of nitrogens with zero attached hydrogens (tertiary/aromatic N) is 2. The zero-order chi connectivity index (χ0) is 12.7. The monoisotopic (exact) mass is 255 g/mol. The topological polar surface area (TPSA) is 51.0 Å². The predicted octanol–water partition coefficient (Wildman–Crippen LogP) is 2.27. The highest BCUT2D eigenvalue weighted by Gasteiger charge is 2.42. The van der Waals surface area contributed by atoms with Crippen LogP contribution < -0.4 is 5.32 Å². The van der Waals surface area contributed by atoms with Crippen LogP contribution in [-0.4, -0.2) is 22.2 Å². The molecule has 2 bridgehead atoms. The summed E-state index contributed by atoms with van der Waals surface area (Å²) >= 11 is 0. The van der Waals surface area contributed by atoms with Gasteiger partial charge in [-0.05, 0) is 24.8 Å². The first-order valence-corrected chi connectivity index (χ1v) is 7.01. The normalized spacial score (nSPS) is 28.9. The van der Waals surface area contributed by atoms with Gasteiger partial charge in [-0.2, -0.15) is 4.98 Å². The first kappa shape index (κ1) is 11.2. The standard InChI is InChI=1S/C15H17N3O/c1-2-4-10(5-3-1)8-14-17-15(19-18-14)12-9-11-6-7-13(12)16-11/h1-5,11-13,16H,6-9H2. The van der Waals surface area contributed by atoms with Gasteiger partial charge in [-0.1, -0.05) is 35.5 Å². The average Bonchev–Trinajstić information content (AvgIpc) is 3.15. The Kier molecular flexibility index (Phi) is 2.62. The fourth-order valence-corrected chi connectivity index (χ4v) is 3.37. The van der Waals surface area contributed by atoms with E-state index < -0.39 is 0 Å². The minimum Gasteiger partial charge on any atom is -0.339 e. The molecule has 1 aromatic heterocycles. The van der Waals surface area contributed by atoms with Gasteiger partial charge in [0, 0.05) is 18.5 Å². The molecule has 0 aliphatic carbocycles. The molecule has 0 saturated carbocycles. The molecule has 3 heterocycles. The maximum atomic E-state index is 5.47. The summed E-state index contributed by atoms with van der Waals surface area (Å²) < 4.78 is 5.47. The van der Waals surface area contributed by atoms with Crippen molar-refractivity contribution in [3.05, 3.63) is 47.6 Å². The number of hydrogen-bond donors (Lipinski definition) is 1. The van der Waals surface area contributed by atoms with E-state index in [2.05, 4.69) is 27.6 Å². The van der Waals surface area contributed by atoms with Crippen LogP contribution >= 0.6 is 0 Å². The van der Waals surface area contributed by atoms with Crippen LogP contribution in [0.5, 0.6) is 0 Å². The van der Waals surface area contributed by atoms with Crippen LogP contribution in [0.15, 0.2) is 34.9 Å². The third kappa shape index (κ3) is 2.06. The molecule has 2 fully saturated rings. The zero-order valence-electron chi connectivity index (χ0n) is 10.7. The molecule has 0 amide bonds. The molecule has 4 rings (SSSR count). The highest BCUT2D eigenvalue weighted by Crippen LogP contribution is 2.39. The second-order valence-electron chi connectivity index (χ2n) is 5.60. The van der Waals surface area contributed by atoms with Crippen LogP contribution in [0.1, 0.15) is 42.5 Å². The summed E-state index contributed by atoms with van der Waals surface area (Å²) in [5.41, 5.74) is 1.22. The minimum absolute atomic E-state index is 0.427. The summed E-state index contributed by atoms with van der Waals surface area (Å²) in [6, 6.07) is 11.5. The quantitative estimate of drug-likeness (QED) is 0.914. The molecule has 19 heavy (non-hydrogen) atoms. The maximum Gasteiger partial charge on any atom is 0.231 e. The molecular weight excluding hydrogens is 238 g/mol. The van der Waals surface area contributed by atoms with Gasteiger partial charge in [-0.25, -0.2) is 0 Å². The van der Waals surface area contributed by atoms with Crippen molar-refractivity contribution in [2.24, 2.45) is 0 Å². The third-order valence-electron chi connectivity index (χ3n) is 4.31. The van der Waals surface area contributed by atoms with Crippen molar-refractivity contribution in [2.45, 2.75) is 43.7 Å². The number of benzene rings is 1. The van der Waals surface area contributed by atoms with Gasteiger partial charge in [0.1, 0.15) is 0 Å². The molecule has 2 aliphatic rings. The Bertz CT molecular complexity index is 566. The van der Waals surface area contributed by atoms with Gasteiger partial charge in [-0.15, -0.1) is 0 Å². The summed E-state index contributed by atoms with van der Waals surface area (Å²) in [6.45, 7) is 0. The van der Waals surface area contributed by atoms with Crippen LogP contribution in [0.4, 0.5) is 0 Å². The Balaban J connectivity index is 1.51. The number of aromatic nitrogens is 2. The Hall–Kier alpha value is -1.68. The van der Waals surface area contributed by atoms with Crippen LogP contribution in [0, 0.1) is 0 Å². The predicted molar refractivity (Wildman–Crippen MR) is 70.8 cm³/mol.